The van der Waals surface area contributed by atoms with E-state index in [1.54, 1.807) is 52.0 Å². The molecule has 0 radical (unpaired) electrons. The van der Waals surface area contributed by atoms with Crippen molar-refractivity contribution >= 4 is 17.9 Å². The molecule has 39 heavy (non-hydrogen) atoms. The molecular formula is C28H29F3N4O4. The Kier molecular flexibility index (Phi) is 7.10. The number of nitriles is 1. The fourth-order valence-corrected chi connectivity index (χ4v) is 4.82. The Morgan fingerprint density at radius 2 is 1.64 bits per heavy atom. The van der Waals surface area contributed by atoms with Gasteiger partial charge in [-0.15, -0.1) is 0 Å². The molecule has 0 saturated carbocycles. The second kappa shape index (κ2) is 9.91. The van der Waals surface area contributed by atoms with Crippen molar-refractivity contribution in [1.29, 1.82) is 5.26 Å². The zero-order valence-corrected chi connectivity index (χ0v) is 22.1. The zero-order chi connectivity index (χ0) is 28.8. The fourth-order valence-electron chi connectivity index (χ4n) is 4.82. The van der Waals surface area contributed by atoms with Crippen molar-refractivity contribution in [3.63, 3.8) is 0 Å². The first-order valence-electron chi connectivity index (χ1n) is 12.4. The molecule has 8 nitrogen and oxygen atoms in total. The maximum absolute atomic E-state index is 14.0. The van der Waals surface area contributed by atoms with E-state index >= 15 is 0 Å². The van der Waals surface area contributed by atoms with Gasteiger partial charge in [0.05, 0.1) is 36.3 Å². The second-order valence-corrected chi connectivity index (χ2v) is 10.9. The minimum atomic E-state index is -4.50. The lowest BCUT2D eigenvalue weighted by Crippen LogP contribution is -2.81. The highest BCUT2D eigenvalue weighted by Gasteiger charge is 2.61. The van der Waals surface area contributed by atoms with Crippen LogP contribution in [-0.2, 0) is 27.0 Å². The molecule has 2 aliphatic rings. The molecule has 0 bridgehead atoms. The van der Waals surface area contributed by atoms with E-state index < -0.39 is 35.0 Å². The van der Waals surface area contributed by atoms with E-state index in [2.05, 4.69) is 0 Å². The monoisotopic (exact) mass is 542 g/mol. The zero-order valence-electron chi connectivity index (χ0n) is 22.1. The number of hydrogen-bond donors (Lipinski definition) is 0. The maximum atomic E-state index is 14.0. The summed E-state index contributed by atoms with van der Waals surface area (Å²) in [7, 11) is 0. The summed E-state index contributed by atoms with van der Waals surface area (Å²) in [4.78, 5) is 44.3. The summed E-state index contributed by atoms with van der Waals surface area (Å²) in [6.07, 6.45) is -5.12. The molecule has 3 amide bonds. The number of amides is 3. The van der Waals surface area contributed by atoms with Crippen molar-refractivity contribution in [3.8, 4) is 6.07 Å². The highest BCUT2D eigenvalue weighted by Crippen LogP contribution is 2.39. The summed E-state index contributed by atoms with van der Waals surface area (Å²) in [6.45, 7) is 6.37. The van der Waals surface area contributed by atoms with Gasteiger partial charge in [0.2, 0.25) is 5.91 Å². The van der Waals surface area contributed by atoms with Crippen LogP contribution in [0.1, 0.15) is 56.0 Å². The molecule has 2 aliphatic heterocycles. The van der Waals surface area contributed by atoms with Crippen LogP contribution >= 0.6 is 0 Å². The van der Waals surface area contributed by atoms with Gasteiger partial charge in [-0.3, -0.25) is 9.59 Å². The first kappa shape index (κ1) is 28.0. The van der Waals surface area contributed by atoms with Gasteiger partial charge in [0.15, 0.2) is 5.54 Å². The molecule has 0 aliphatic carbocycles. The third kappa shape index (κ3) is 5.55. The molecular weight excluding hydrogens is 513 g/mol. The Morgan fingerprint density at radius 3 is 2.15 bits per heavy atom. The van der Waals surface area contributed by atoms with E-state index in [9.17, 15) is 27.6 Å². The van der Waals surface area contributed by atoms with Gasteiger partial charge in [0, 0.05) is 6.54 Å². The average molecular weight is 543 g/mol. The third-order valence-electron chi connectivity index (χ3n) is 6.95. The van der Waals surface area contributed by atoms with Crippen LogP contribution in [0.2, 0.25) is 0 Å². The molecule has 0 aromatic heterocycles. The molecule has 0 N–H and O–H groups in total. The minimum Gasteiger partial charge on any atom is -0.444 e. The predicted octanol–water partition coefficient (Wildman–Crippen LogP) is 4.50. The number of likely N-dealkylation sites (tertiary alicyclic amines) is 1. The number of hydrogen-bond acceptors (Lipinski definition) is 5. The van der Waals surface area contributed by atoms with E-state index in [1.807, 2.05) is 6.07 Å². The van der Waals surface area contributed by atoms with E-state index in [4.69, 9.17) is 10.00 Å². The third-order valence-corrected chi connectivity index (χ3v) is 6.95. The van der Waals surface area contributed by atoms with Crippen molar-refractivity contribution in [3.05, 3.63) is 70.8 Å². The largest absolute Gasteiger partial charge is 0.444 e. The van der Waals surface area contributed by atoms with Gasteiger partial charge in [0.25, 0.3) is 5.91 Å². The Bertz CT molecular complexity index is 1300. The topological polar surface area (TPSA) is 94.0 Å². The first-order chi connectivity index (χ1) is 18.1. The summed E-state index contributed by atoms with van der Waals surface area (Å²) >= 11 is 0. The second-order valence-electron chi connectivity index (χ2n) is 10.9. The molecule has 11 heteroatoms. The molecule has 1 unspecified atom stereocenters. The first-order valence-corrected chi connectivity index (χ1v) is 12.4. The fraction of sp³-hybridized carbons (Fsp3) is 0.429. The van der Waals surface area contributed by atoms with Crippen molar-refractivity contribution in [1.82, 2.24) is 14.7 Å². The normalized spacial score (nSPS) is 18.1. The summed E-state index contributed by atoms with van der Waals surface area (Å²) in [5.74, 6) is -0.760. The Labute approximate surface area is 224 Å². The van der Waals surface area contributed by atoms with Gasteiger partial charge in [-0.1, -0.05) is 24.3 Å². The molecule has 2 heterocycles. The molecule has 2 fully saturated rings. The molecule has 1 spiro atoms. The highest BCUT2D eigenvalue weighted by molar-refractivity contribution is 6.00. The lowest BCUT2D eigenvalue weighted by atomic mass is 9.82. The van der Waals surface area contributed by atoms with Crippen LogP contribution < -0.4 is 0 Å². The van der Waals surface area contributed by atoms with Crippen LogP contribution in [0.4, 0.5) is 18.0 Å². The number of benzene rings is 2. The van der Waals surface area contributed by atoms with Gasteiger partial charge in [-0.05, 0) is 63.1 Å². The summed E-state index contributed by atoms with van der Waals surface area (Å²) in [6, 6.07) is 12.7. The molecule has 2 aromatic rings. The highest BCUT2D eigenvalue weighted by atomic mass is 19.4. The lowest BCUT2D eigenvalue weighted by molar-refractivity contribution is -0.180. The van der Waals surface area contributed by atoms with Crippen LogP contribution in [0.3, 0.4) is 0 Å². The van der Waals surface area contributed by atoms with Gasteiger partial charge in [0.1, 0.15) is 12.1 Å². The van der Waals surface area contributed by atoms with Gasteiger partial charge >= 0.3 is 12.3 Å². The van der Waals surface area contributed by atoms with Crippen molar-refractivity contribution in [2.24, 2.45) is 0 Å². The van der Waals surface area contributed by atoms with Gasteiger partial charge in [-0.2, -0.15) is 18.4 Å². The van der Waals surface area contributed by atoms with Gasteiger partial charge < -0.3 is 19.4 Å². The van der Waals surface area contributed by atoms with Gasteiger partial charge in [-0.25, -0.2) is 4.79 Å². The van der Waals surface area contributed by atoms with E-state index in [1.165, 1.54) is 26.8 Å². The minimum absolute atomic E-state index is 0.0933. The number of rotatable bonds is 4. The van der Waals surface area contributed by atoms with E-state index in [0.717, 1.165) is 17.7 Å². The lowest BCUT2D eigenvalue weighted by Gasteiger charge is -2.58. The van der Waals surface area contributed by atoms with Crippen molar-refractivity contribution in [2.75, 3.05) is 19.6 Å². The quantitative estimate of drug-likeness (QED) is 0.567. The standard InChI is InChI=1S/C28H29F3N4O4/c1-18(21-9-5-19(13-32)6-10-21)34-15-23(36)35(14-20-7-11-22(12-8-20)28(29,30)31)27(24(34)37)16-33(17-27)25(38)39-26(2,3)4/h5-12,18H,14-17H2,1-4H3. The molecule has 2 saturated heterocycles. The number of halogens is 3. The molecule has 206 valence electrons. The number of piperazine rings is 1. The predicted molar refractivity (Wildman–Crippen MR) is 134 cm³/mol. The SMILES string of the molecule is CC(c1ccc(C#N)cc1)N1CC(=O)N(Cc2ccc(C(F)(F)F)cc2)C2(CN(C(=O)OC(C)(C)C)C2)C1=O. The van der Waals surface area contributed by atoms with Crippen LogP contribution in [0.15, 0.2) is 48.5 Å². The number of carbonyl (C=O) groups excluding carboxylic acids is 3. The Morgan fingerprint density at radius 1 is 1.05 bits per heavy atom. The van der Waals surface area contributed by atoms with E-state index in [-0.39, 0.29) is 38.0 Å². The summed E-state index contributed by atoms with van der Waals surface area (Å²) in [5, 5.41) is 9.08. The summed E-state index contributed by atoms with van der Waals surface area (Å²) < 4.78 is 44.5. The average Bonchev–Trinajstić information content (AvgIpc) is 2.83. The maximum Gasteiger partial charge on any atom is 0.416 e. The number of alkyl halides is 3. The van der Waals surface area contributed by atoms with Crippen LogP contribution in [0.25, 0.3) is 0 Å². The van der Waals surface area contributed by atoms with E-state index in [0.29, 0.717) is 11.1 Å². The molecule has 4 rings (SSSR count). The van der Waals surface area contributed by atoms with Crippen LogP contribution in [0, 0.1) is 11.3 Å². The van der Waals surface area contributed by atoms with Crippen LogP contribution in [-0.4, -0.2) is 63.4 Å². The molecule has 2 aromatic carbocycles. The number of nitrogens with zero attached hydrogens (tertiary/aromatic N) is 4. The smallest absolute Gasteiger partial charge is 0.416 e. The van der Waals surface area contributed by atoms with Crippen molar-refractivity contribution in [2.45, 2.75) is 57.6 Å². The van der Waals surface area contributed by atoms with Crippen molar-refractivity contribution < 1.29 is 32.3 Å². The Hall–Kier alpha value is -4.07. The van der Waals surface area contributed by atoms with Crippen LogP contribution in [0.5, 0.6) is 0 Å². The number of ether oxygens (including phenoxy) is 1. The molecule has 1 atom stereocenters. The Balaban J connectivity index is 1.63. The number of carbonyl (C=O) groups is 3. The summed E-state index contributed by atoms with van der Waals surface area (Å²) in [5.41, 5.74) is -1.36.